The van der Waals surface area contributed by atoms with E-state index >= 15 is 0 Å². The van der Waals surface area contributed by atoms with Crippen LogP contribution in [0.1, 0.15) is 36.2 Å². The molecule has 1 aromatic heterocycles. The molecule has 0 radical (unpaired) electrons. The third kappa shape index (κ3) is 4.18. The number of aromatic nitrogens is 1. The number of halogens is 1. The zero-order chi connectivity index (χ0) is 21.3. The lowest BCUT2D eigenvalue weighted by Crippen LogP contribution is -2.39. The average molecular weight is 426 g/mol. The van der Waals surface area contributed by atoms with E-state index in [1.54, 1.807) is 6.92 Å². The van der Waals surface area contributed by atoms with Crippen LogP contribution in [0.4, 0.5) is 0 Å². The molecule has 5 nitrogen and oxygen atoms in total. The van der Waals surface area contributed by atoms with Gasteiger partial charge in [-0.15, -0.1) is 0 Å². The van der Waals surface area contributed by atoms with E-state index in [0.717, 1.165) is 52.3 Å². The summed E-state index contributed by atoms with van der Waals surface area (Å²) in [5.74, 6) is 0.928. The van der Waals surface area contributed by atoms with E-state index in [1.807, 2.05) is 35.2 Å². The van der Waals surface area contributed by atoms with Crippen molar-refractivity contribution in [2.75, 3.05) is 33.8 Å². The van der Waals surface area contributed by atoms with Gasteiger partial charge in [-0.25, -0.2) is 0 Å². The normalized spacial score (nSPS) is 16.2. The number of benzene rings is 2. The van der Waals surface area contributed by atoms with E-state index in [0.29, 0.717) is 13.2 Å². The summed E-state index contributed by atoms with van der Waals surface area (Å²) >= 11 is 6.24. The second-order valence-electron chi connectivity index (χ2n) is 8.15. The smallest absolute Gasteiger partial charge is 0.220 e. The molecule has 30 heavy (non-hydrogen) atoms. The van der Waals surface area contributed by atoms with Crippen molar-refractivity contribution in [3.63, 3.8) is 0 Å². The van der Waals surface area contributed by atoms with Crippen LogP contribution in [0.3, 0.4) is 0 Å². The van der Waals surface area contributed by atoms with Gasteiger partial charge in [0.1, 0.15) is 5.75 Å². The van der Waals surface area contributed by atoms with Gasteiger partial charge in [0.2, 0.25) is 5.91 Å². The first-order valence-corrected chi connectivity index (χ1v) is 10.8. The SMILES string of the molecule is CC(=O)N1CCc2c([nH]c3ccc(Cl)cc23)C1c1ccc(OCCCN(C)C)cc1. The molecular formula is C24H28ClN3O2. The summed E-state index contributed by atoms with van der Waals surface area (Å²) in [6, 6.07) is 13.9. The molecule has 1 atom stereocenters. The van der Waals surface area contributed by atoms with Gasteiger partial charge in [-0.3, -0.25) is 4.79 Å². The van der Waals surface area contributed by atoms with Gasteiger partial charge >= 0.3 is 0 Å². The molecule has 2 aromatic carbocycles. The van der Waals surface area contributed by atoms with Gasteiger partial charge in [-0.05, 0) is 68.4 Å². The number of carbonyl (C=O) groups is 1. The second kappa shape index (κ2) is 8.70. The molecule has 1 aliphatic heterocycles. The zero-order valence-electron chi connectivity index (χ0n) is 17.7. The van der Waals surface area contributed by atoms with Crippen molar-refractivity contribution in [1.82, 2.24) is 14.8 Å². The lowest BCUT2D eigenvalue weighted by Gasteiger charge is -2.35. The molecular weight excluding hydrogens is 398 g/mol. The molecule has 1 amide bonds. The molecule has 0 saturated heterocycles. The summed E-state index contributed by atoms with van der Waals surface area (Å²) in [5, 5.41) is 1.87. The number of fused-ring (bicyclic) bond motifs is 3. The highest BCUT2D eigenvalue weighted by Crippen LogP contribution is 2.39. The van der Waals surface area contributed by atoms with Crippen LogP contribution in [0.5, 0.6) is 5.75 Å². The molecule has 1 aliphatic rings. The first kappa shape index (κ1) is 20.8. The summed E-state index contributed by atoms with van der Waals surface area (Å²) < 4.78 is 5.87. The van der Waals surface area contributed by atoms with Crippen LogP contribution in [-0.2, 0) is 11.2 Å². The number of aromatic amines is 1. The van der Waals surface area contributed by atoms with E-state index < -0.39 is 0 Å². The van der Waals surface area contributed by atoms with Gasteiger partial charge in [0, 0.05) is 41.6 Å². The Balaban J connectivity index is 1.63. The van der Waals surface area contributed by atoms with Gasteiger partial charge in [0.05, 0.1) is 12.6 Å². The largest absolute Gasteiger partial charge is 0.494 e. The fourth-order valence-electron chi connectivity index (χ4n) is 4.26. The zero-order valence-corrected chi connectivity index (χ0v) is 18.5. The number of carbonyl (C=O) groups excluding carboxylic acids is 1. The number of amides is 1. The lowest BCUT2D eigenvalue weighted by atomic mass is 9.92. The Morgan fingerprint density at radius 1 is 1.23 bits per heavy atom. The highest BCUT2D eigenvalue weighted by atomic mass is 35.5. The van der Waals surface area contributed by atoms with Crippen molar-refractivity contribution in [2.24, 2.45) is 0 Å². The van der Waals surface area contributed by atoms with Crippen LogP contribution in [0, 0.1) is 0 Å². The molecule has 1 N–H and O–H groups in total. The van der Waals surface area contributed by atoms with E-state index in [4.69, 9.17) is 16.3 Å². The third-order valence-corrected chi connectivity index (χ3v) is 5.94. The standard InChI is InChI=1S/C24H28ClN3O2/c1-16(29)28-13-11-20-21-15-18(25)7-10-22(21)26-23(20)24(28)17-5-8-19(9-6-17)30-14-4-12-27(2)3/h5-10,15,24,26H,4,11-14H2,1-3H3. The lowest BCUT2D eigenvalue weighted by molar-refractivity contribution is -0.130. The molecule has 0 saturated carbocycles. The number of nitrogens with zero attached hydrogens (tertiary/aromatic N) is 2. The number of nitrogens with one attached hydrogen (secondary N) is 1. The van der Waals surface area contributed by atoms with Crippen molar-refractivity contribution in [1.29, 1.82) is 0 Å². The van der Waals surface area contributed by atoms with Crippen molar-refractivity contribution < 1.29 is 9.53 Å². The molecule has 1 unspecified atom stereocenters. The van der Waals surface area contributed by atoms with Crippen LogP contribution in [0.2, 0.25) is 5.02 Å². The van der Waals surface area contributed by atoms with Crippen molar-refractivity contribution in [2.45, 2.75) is 25.8 Å². The van der Waals surface area contributed by atoms with Crippen molar-refractivity contribution >= 4 is 28.4 Å². The van der Waals surface area contributed by atoms with Crippen LogP contribution in [0.25, 0.3) is 10.9 Å². The summed E-state index contributed by atoms with van der Waals surface area (Å²) in [5.41, 5.74) is 4.46. The van der Waals surface area contributed by atoms with Crippen LogP contribution >= 0.6 is 11.6 Å². The van der Waals surface area contributed by atoms with Gasteiger partial charge in [0.15, 0.2) is 0 Å². The fraction of sp³-hybridized carbons (Fsp3) is 0.375. The molecule has 158 valence electrons. The number of hydrogen-bond donors (Lipinski definition) is 1. The minimum Gasteiger partial charge on any atom is -0.494 e. The van der Waals surface area contributed by atoms with Crippen molar-refractivity contribution in [3.8, 4) is 5.75 Å². The van der Waals surface area contributed by atoms with E-state index in [1.165, 1.54) is 5.56 Å². The molecule has 0 spiro atoms. The third-order valence-electron chi connectivity index (χ3n) is 5.71. The molecule has 4 rings (SSSR count). The number of hydrogen-bond acceptors (Lipinski definition) is 3. The number of H-pyrrole nitrogens is 1. The molecule has 3 aromatic rings. The van der Waals surface area contributed by atoms with Gasteiger partial charge < -0.3 is 19.5 Å². The topological polar surface area (TPSA) is 48.6 Å². The van der Waals surface area contributed by atoms with Gasteiger partial charge in [0.25, 0.3) is 0 Å². The highest BCUT2D eigenvalue weighted by Gasteiger charge is 2.33. The predicted octanol–water partition coefficient (Wildman–Crippen LogP) is 4.65. The Morgan fingerprint density at radius 2 is 2.00 bits per heavy atom. The second-order valence-corrected chi connectivity index (χ2v) is 8.58. The van der Waals surface area contributed by atoms with Crippen LogP contribution < -0.4 is 4.74 Å². The van der Waals surface area contributed by atoms with Crippen molar-refractivity contribution in [3.05, 3.63) is 64.3 Å². The monoisotopic (exact) mass is 425 g/mol. The van der Waals surface area contributed by atoms with Gasteiger partial charge in [-0.2, -0.15) is 0 Å². The first-order chi connectivity index (χ1) is 14.4. The Bertz CT molecular complexity index is 1040. The quantitative estimate of drug-likeness (QED) is 0.585. The van der Waals surface area contributed by atoms with Gasteiger partial charge in [-0.1, -0.05) is 23.7 Å². The summed E-state index contributed by atoms with van der Waals surface area (Å²) in [6.45, 7) is 4.02. The first-order valence-electron chi connectivity index (χ1n) is 10.4. The number of rotatable bonds is 6. The maximum absolute atomic E-state index is 12.4. The van der Waals surface area contributed by atoms with Crippen LogP contribution in [-0.4, -0.2) is 54.5 Å². The Kier molecular flexibility index (Phi) is 6.02. The molecule has 6 heteroatoms. The highest BCUT2D eigenvalue weighted by molar-refractivity contribution is 6.31. The van der Waals surface area contributed by atoms with E-state index in [2.05, 4.69) is 36.1 Å². The molecule has 0 aliphatic carbocycles. The number of ether oxygens (including phenoxy) is 1. The Labute approximate surface area is 182 Å². The average Bonchev–Trinajstić information content (AvgIpc) is 3.08. The Hall–Kier alpha value is -2.50. The minimum absolute atomic E-state index is 0.0753. The maximum Gasteiger partial charge on any atom is 0.220 e. The molecule has 0 fully saturated rings. The summed E-state index contributed by atoms with van der Waals surface area (Å²) in [4.78, 5) is 20.1. The minimum atomic E-state index is -0.139. The summed E-state index contributed by atoms with van der Waals surface area (Å²) in [6.07, 6.45) is 1.80. The van der Waals surface area contributed by atoms with Crippen LogP contribution in [0.15, 0.2) is 42.5 Å². The fourth-order valence-corrected chi connectivity index (χ4v) is 4.44. The van der Waals surface area contributed by atoms with E-state index in [-0.39, 0.29) is 11.9 Å². The molecule has 2 heterocycles. The maximum atomic E-state index is 12.4. The Morgan fingerprint density at radius 3 is 2.70 bits per heavy atom. The summed E-state index contributed by atoms with van der Waals surface area (Å²) in [7, 11) is 4.12. The van der Waals surface area contributed by atoms with E-state index in [9.17, 15) is 4.79 Å². The molecule has 0 bridgehead atoms. The predicted molar refractivity (Wildman–Crippen MR) is 121 cm³/mol.